The first-order chi connectivity index (χ1) is 7.72. The summed E-state index contributed by atoms with van der Waals surface area (Å²) in [6, 6.07) is 8.20. The number of hydrogen-bond donors (Lipinski definition) is 2. The molecule has 1 aromatic carbocycles. The minimum Gasteiger partial charge on any atom is -0.481 e. The topological polar surface area (TPSA) is 49.3 Å². The van der Waals surface area contributed by atoms with Crippen molar-refractivity contribution >= 4 is 11.7 Å². The number of benzene rings is 1. The fourth-order valence-electron chi connectivity index (χ4n) is 2.14. The van der Waals surface area contributed by atoms with Crippen molar-refractivity contribution in [1.29, 1.82) is 0 Å². The summed E-state index contributed by atoms with van der Waals surface area (Å²) in [5, 5.41) is 12.3. The summed E-state index contributed by atoms with van der Waals surface area (Å²) in [6.07, 6.45) is 2.71. The first-order valence-corrected chi connectivity index (χ1v) is 5.79. The molecular weight excluding hydrogens is 202 g/mol. The number of carboxylic acids is 1. The van der Waals surface area contributed by atoms with Crippen LogP contribution in [0.15, 0.2) is 24.3 Å². The normalized spacial score (nSPS) is 23.6. The van der Waals surface area contributed by atoms with Gasteiger partial charge in [0.2, 0.25) is 0 Å². The van der Waals surface area contributed by atoms with Crippen LogP contribution < -0.4 is 5.32 Å². The molecule has 1 saturated carbocycles. The van der Waals surface area contributed by atoms with E-state index in [4.69, 9.17) is 5.11 Å². The lowest BCUT2D eigenvalue weighted by atomic mass is 9.79. The number of aryl methyl sites for hydroxylation is 1. The van der Waals surface area contributed by atoms with Gasteiger partial charge >= 0.3 is 5.97 Å². The summed E-state index contributed by atoms with van der Waals surface area (Å²) in [5.41, 5.74) is 2.33. The zero-order chi connectivity index (χ0) is 11.5. The fourth-order valence-corrected chi connectivity index (χ4v) is 2.14. The molecule has 16 heavy (non-hydrogen) atoms. The van der Waals surface area contributed by atoms with E-state index in [2.05, 4.69) is 18.3 Å². The number of rotatable bonds is 4. The maximum Gasteiger partial charge on any atom is 0.308 e. The molecule has 2 N–H and O–H groups in total. The third-order valence-corrected chi connectivity index (χ3v) is 3.33. The average molecular weight is 219 g/mol. The van der Waals surface area contributed by atoms with Crippen LogP contribution in [0.4, 0.5) is 5.69 Å². The van der Waals surface area contributed by atoms with Crippen molar-refractivity contribution < 1.29 is 9.90 Å². The van der Waals surface area contributed by atoms with Gasteiger partial charge in [-0.15, -0.1) is 0 Å². The monoisotopic (exact) mass is 219 g/mol. The number of para-hydroxylation sites is 1. The summed E-state index contributed by atoms with van der Waals surface area (Å²) < 4.78 is 0. The van der Waals surface area contributed by atoms with E-state index >= 15 is 0 Å². The molecule has 0 bridgehead atoms. The zero-order valence-corrected chi connectivity index (χ0v) is 9.44. The molecule has 1 fully saturated rings. The second-order valence-corrected chi connectivity index (χ2v) is 4.28. The van der Waals surface area contributed by atoms with Gasteiger partial charge in [-0.25, -0.2) is 0 Å². The van der Waals surface area contributed by atoms with E-state index in [0.717, 1.165) is 24.9 Å². The smallest absolute Gasteiger partial charge is 0.308 e. The Morgan fingerprint density at radius 2 is 2.19 bits per heavy atom. The highest BCUT2D eigenvalue weighted by Crippen LogP contribution is 2.31. The fraction of sp³-hybridized carbons (Fsp3) is 0.462. The van der Waals surface area contributed by atoms with E-state index in [0.29, 0.717) is 0 Å². The second-order valence-electron chi connectivity index (χ2n) is 4.28. The highest BCUT2D eigenvalue weighted by Gasteiger charge is 2.36. The van der Waals surface area contributed by atoms with E-state index in [1.54, 1.807) is 0 Å². The summed E-state index contributed by atoms with van der Waals surface area (Å²) in [7, 11) is 0. The van der Waals surface area contributed by atoms with Crippen molar-refractivity contribution in [3.05, 3.63) is 29.8 Å². The third kappa shape index (κ3) is 2.03. The Balaban J connectivity index is 2.06. The van der Waals surface area contributed by atoms with Gasteiger partial charge in [0, 0.05) is 11.7 Å². The summed E-state index contributed by atoms with van der Waals surface area (Å²) in [4.78, 5) is 10.9. The lowest BCUT2D eigenvalue weighted by molar-refractivity contribution is -0.144. The summed E-state index contributed by atoms with van der Waals surface area (Å²) >= 11 is 0. The van der Waals surface area contributed by atoms with Gasteiger partial charge < -0.3 is 10.4 Å². The maximum absolute atomic E-state index is 10.9. The van der Waals surface area contributed by atoms with Crippen molar-refractivity contribution in [1.82, 2.24) is 0 Å². The van der Waals surface area contributed by atoms with Crippen LogP contribution in [0.25, 0.3) is 0 Å². The molecule has 3 heteroatoms. The van der Waals surface area contributed by atoms with Crippen LogP contribution in [0, 0.1) is 5.92 Å². The third-order valence-electron chi connectivity index (χ3n) is 3.33. The predicted molar refractivity (Wildman–Crippen MR) is 63.6 cm³/mol. The predicted octanol–water partition coefficient (Wildman–Crippen LogP) is 2.52. The highest BCUT2D eigenvalue weighted by molar-refractivity contribution is 5.73. The molecule has 0 amide bonds. The standard InChI is InChI=1S/C13H17NO2/c1-2-9-5-3-4-6-11(9)14-12-8-7-10(12)13(15)16/h3-6,10,12,14H,2,7-8H2,1H3,(H,15,16). The minimum absolute atomic E-state index is 0.102. The van der Waals surface area contributed by atoms with Crippen LogP contribution in [0.2, 0.25) is 0 Å². The lowest BCUT2D eigenvalue weighted by Gasteiger charge is -2.35. The molecule has 1 aromatic rings. The maximum atomic E-state index is 10.9. The van der Waals surface area contributed by atoms with Crippen molar-refractivity contribution in [3.8, 4) is 0 Å². The van der Waals surface area contributed by atoms with Gasteiger partial charge in [-0.2, -0.15) is 0 Å². The van der Waals surface area contributed by atoms with E-state index in [1.807, 2.05) is 18.2 Å². The Kier molecular flexibility index (Phi) is 3.13. The molecular formula is C13H17NO2. The van der Waals surface area contributed by atoms with Gasteiger partial charge in [0.25, 0.3) is 0 Å². The molecule has 2 atom stereocenters. The van der Waals surface area contributed by atoms with Gasteiger partial charge in [-0.3, -0.25) is 4.79 Å². The number of aliphatic carboxylic acids is 1. The first kappa shape index (κ1) is 11.0. The van der Waals surface area contributed by atoms with Gasteiger partial charge in [-0.05, 0) is 30.9 Å². The Morgan fingerprint density at radius 1 is 1.44 bits per heavy atom. The van der Waals surface area contributed by atoms with Crippen LogP contribution in [0.5, 0.6) is 0 Å². The van der Waals surface area contributed by atoms with Crippen LogP contribution in [0.3, 0.4) is 0 Å². The lowest BCUT2D eigenvalue weighted by Crippen LogP contribution is -2.43. The molecule has 2 rings (SSSR count). The van der Waals surface area contributed by atoms with Crippen molar-refractivity contribution in [2.24, 2.45) is 5.92 Å². The Hall–Kier alpha value is -1.51. The van der Waals surface area contributed by atoms with E-state index in [9.17, 15) is 4.79 Å². The van der Waals surface area contributed by atoms with Crippen LogP contribution in [-0.4, -0.2) is 17.1 Å². The molecule has 2 unspecified atom stereocenters. The van der Waals surface area contributed by atoms with Crippen LogP contribution >= 0.6 is 0 Å². The molecule has 1 aliphatic rings. The Labute approximate surface area is 95.5 Å². The molecule has 0 heterocycles. The van der Waals surface area contributed by atoms with Gasteiger partial charge in [0.05, 0.1) is 5.92 Å². The highest BCUT2D eigenvalue weighted by atomic mass is 16.4. The SMILES string of the molecule is CCc1ccccc1NC1CCC1C(=O)O. The zero-order valence-electron chi connectivity index (χ0n) is 9.44. The van der Waals surface area contributed by atoms with Gasteiger partial charge in [0.15, 0.2) is 0 Å². The van der Waals surface area contributed by atoms with Crippen LogP contribution in [-0.2, 0) is 11.2 Å². The molecule has 3 nitrogen and oxygen atoms in total. The number of carboxylic acid groups (broad SMARTS) is 1. The number of nitrogens with one attached hydrogen (secondary N) is 1. The molecule has 0 aromatic heterocycles. The van der Waals surface area contributed by atoms with Crippen molar-refractivity contribution in [2.75, 3.05) is 5.32 Å². The first-order valence-electron chi connectivity index (χ1n) is 5.79. The number of carbonyl (C=O) groups is 1. The number of hydrogen-bond acceptors (Lipinski definition) is 2. The number of anilines is 1. The largest absolute Gasteiger partial charge is 0.481 e. The average Bonchev–Trinajstić information content (AvgIpc) is 2.24. The minimum atomic E-state index is -0.683. The second kappa shape index (κ2) is 4.56. The molecule has 1 aliphatic carbocycles. The van der Waals surface area contributed by atoms with Gasteiger partial charge in [-0.1, -0.05) is 25.1 Å². The summed E-state index contributed by atoms with van der Waals surface area (Å²) in [5.74, 6) is -0.900. The van der Waals surface area contributed by atoms with E-state index in [-0.39, 0.29) is 12.0 Å². The van der Waals surface area contributed by atoms with Crippen molar-refractivity contribution in [3.63, 3.8) is 0 Å². The molecule has 86 valence electrons. The van der Waals surface area contributed by atoms with E-state index in [1.165, 1.54) is 5.56 Å². The quantitative estimate of drug-likeness (QED) is 0.818. The Morgan fingerprint density at radius 3 is 2.75 bits per heavy atom. The molecule has 0 saturated heterocycles. The Bertz CT molecular complexity index is 389. The van der Waals surface area contributed by atoms with E-state index < -0.39 is 5.97 Å². The van der Waals surface area contributed by atoms with Crippen molar-refractivity contribution in [2.45, 2.75) is 32.2 Å². The molecule has 0 aliphatic heterocycles. The molecule has 0 spiro atoms. The van der Waals surface area contributed by atoms with Crippen LogP contribution in [0.1, 0.15) is 25.3 Å². The van der Waals surface area contributed by atoms with Gasteiger partial charge in [0.1, 0.15) is 0 Å². The summed E-state index contributed by atoms with van der Waals surface area (Å²) in [6.45, 7) is 2.11. The molecule has 0 radical (unpaired) electrons.